The Labute approximate surface area is 149 Å². The van der Waals surface area contributed by atoms with Crippen molar-refractivity contribution in [1.82, 2.24) is 4.72 Å². The number of rotatable bonds is 7. The van der Waals surface area contributed by atoms with Gasteiger partial charge in [-0.25, -0.2) is 13.1 Å². The Morgan fingerprint density at radius 3 is 2.50 bits per heavy atom. The summed E-state index contributed by atoms with van der Waals surface area (Å²) in [6, 6.07) is 13.2. The Balaban J connectivity index is 1.86. The topological polar surface area (TPSA) is 84.5 Å². The summed E-state index contributed by atoms with van der Waals surface area (Å²) in [5, 5.41) is 2.70. The summed E-state index contributed by atoms with van der Waals surface area (Å²) in [6.07, 6.45) is 0.0297. The standard InChI is InChI=1S/C16H17BrN2O4S/c1-23-14-5-7-15(8-6-14)24(21,22)18-10-9-16(20)19-13-4-2-3-12(17)11-13/h2-8,11,18H,9-10H2,1H3,(H,19,20). The minimum Gasteiger partial charge on any atom is -0.497 e. The summed E-state index contributed by atoms with van der Waals surface area (Å²) in [5.74, 6) is 0.299. The Morgan fingerprint density at radius 2 is 1.88 bits per heavy atom. The minimum atomic E-state index is -3.65. The van der Waals surface area contributed by atoms with E-state index in [1.165, 1.54) is 19.2 Å². The van der Waals surface area contributed by atoms with E-state index < -0.39 is 10.0 Å². The van der Waals surface area contributed by atoms with Gasteiger partial charge in [-0.2, -0.15) is 0 Å². The van der Waals surface area contributed by atoms with Crippen molar-refractivity contribution in [2.75, 3.05) is 19.0 Å². The molecule has 1 amide bonds. The molecule has 0 aliphatic rings. The van der Waals surface area contributed by atoms with Gasteiger partial charge < -0.3 is 10.1 Å². The number of carbonyl (C=O) groups excluding carboxylic acids is 1. The second-order valence-corrected chi connectivity index (χ2v) is 7.56. The first kappa shape index (κ1) is 18.4. The SMILES string of the molecule is COc1ccc(S(=O)(=O)NCCC(=O)Nc2cccc(Br)c2)cc1. The average Bonchev–Trinajstić information content (AvgIpc) is 2.54. The van der Waals surface area contributed by atoms with Crippen LogP contribution in [0, 0.1) is 0 Å². The number of ether oxygens (including phenoxy) is 1. The molecule has 0 unspecified atom stereocenters. The highest BCUT2D eigenvalue weighted by atomic mass is 79.9. The maximum Gasteiger partial charge on any atom is 0.240 e. The lowest BCUT2D eigenvalue weighted by Crippen LogP contribution is -2.27. The van der Waals surface area contributed by atoms with Crippen molar-refractivity contribution in [1.29, 1.82) is 0 Å². The van der Waals surface area contributed by atoms with Crippen molar-refractivity contribution in [2.45, 2.75) is 11.3 Å². The van der Waals surface area contributed by atoms with Crippen LogP contribution >= 0.6 is 15.9 Å². The van der Waals surface area contributed by atoms with E-state index in [1.54, 1.807) is 30.3 Å². The van der Waals surface area contributed by atoms with Crippen LogP contribution in [-0.2, 0) is 14.8 Å². The van der Waals surface area contributed by atoms with Gasteiger partial charge in [0.05, 0.1) is 12.0 Å². The van der Waals surface area contributed by atoms with Crippen LogP contribution in [0.15, 0.2) is 57.9 Å². The van der Waals surface area contributed by atoms with Crippen LogP contribution in [0.5, 0.6) is 5.75 Å². The molecule has 0 bridgehead atoms. The van der Waals surface area contributed by atoms with Gasteiger partial charge in [-0.15, -0.1) is 0 Å². The number of methoxy groups -OCH3 is 1. The zero-order valence-corrected chi connectivity index (χ0v) is 15.4. The molecule has 0 heterocycles. The summed E-state index contributed by atoms with van der Waals surface area (Å²) >= 11 is 3.32. The van der Waals surface area contributed by atoms with E-state index in [1.807, 2.05) is 6.07 Å². The Morgan fingerprint density at radius 1 is 1.17 bits per heavy atom. The maximum absolute atomic E-state index is 12.1. The number of sulfonamides is 1. The van der Waals surface area contributed by atoms with Gasteiger partial charge in [0.1, 0.15) is 5.75 Å². The van der Waals surface area contributed by atoms with Crippen molar-refractivity contribution < 1.29 is 17.9 Å². The molecule has 128 valence electrons. The smallest absolute Gasteiger partial charge is 0.240 e. The lowest BCUT2D eigenvalue weighted by molar-refractivity contribution is -0.116. The van der Waals surface area contributed by atoms with Crippen LogP contribution in [0.3, 0.4) is 0 Å². The van der Waals surface area contributed by atoms with E-state index in [0.29, 0.717) is 11.4 Å². The highest BCUT2D eigenvalue weighted by Crippen LogP contribution is 2.16. The molecule has 0 atom stereocenters. The number of nitrogens with one attached hydrogen (secondary N) is 2. The largest absolute Gasteiger partial charge is 0.497 e. The molecule has 2 rings (SSSR count). The van der Waals surface area contributed by atoms with Crippen molar-refractivity contribution in [3.63, 3.8) is 0 Å². The number of halogens is 1. The fourth-order valence-electron chi connectivity index (χ4n) is 1.93. The molecule has 0 aliphatic carbocycles. The predicted octanol–water partition coefficient (Wildman–Crippen LogP) is 2.76. The molecular formula is C16H17BrN2O4S. The Kier molecular flexibility index (Phi) is 6.36. The first-order chi connectivity index (χ1) is 11.4. The number of anilines is 1. The quantitative estimate of drug-likeness (QED) is 0.731. The molecule has 0 spiro atoms. The number of hydrogen-bond donors (Lipinski definition) is 2. The number of amides is 1. The fourth-order valence-corrected chi connectivity index (χ4v) is 3.36. The summed E-state index contributed by atoms with van der Waals surface area (Å²) < 4.78 is 32.5. The van der Waals surface area contributed by atoms with Gasteiger partial charge in [0.15, 0.2) is 0 Å². The molecule has 0 aromatic heterocycles. The van der Waals surface area contributed by atoms with E-state index in [2.05, 4.69) is 26.0 Å². The molecule has 0 saturated heterocycles. The van der Waals surface area contributed by atoms with Gasteiger partial charge in [-0.1, -0.05) is 22.0 Å². The summed E-state index contributed by atoms with van der Waals surface area (Å²) in [6.45, 7) is 0.00813. The molecular weight excluding hydrogens is 396 g/mol. The second kappa shape index (κ2) is 8.27. The van der Waals surface area contributed by atoms with E-state index in [9.17, 15) is 13.2 Å². The van der Waals surface area contributed by atoms with Gasteiger partial charge in [-0.05, 0) is 42.5 Å². The van der Waals surface area contributed by atoms with E-state index in [-0.39, 0.29) is 23.8 Å². The fraction of sp³-hybridized carbons (Fsp3) is 0.188. The van der Waals surface area contributed by atoms with Gasteiger partial charge in [-0.3, -0.25) is 4.79 Å². The lowest BCUT2D eigenvalue weighted by atomic mass is 10.3. The van der Waals surface area contributed by atoms with Gasteiger partial charge in [0.2, 0.25) is 15.9 Å². The van der Waals surface area contributed by atoms with Gasteiger partial charge in [0, 0.05) is 23.1 Å². The van der Waals surface area contributed by atoms with Crippen molar-refractivity contribution in [3.05, 3.63) is 53.0 Å². The first-order valence-corrected chi connectivity index (χ1v) is 9.37. The molecule has 0 fully saturated rings. The van der Waals surface area contributed by atoms with E-state index in [0.717, 1.165) is 4.47 Å². The number of benzene rings is 2. The van der Waals surface area contributed by atoms with Crippen LogP contribution in [0.1, 0.15) is 6.42 Å². The third-order valence-electron chi connectivity index (χ3n) is 3.12. The van der Waals surface area contributed by atoms with Crippen LogP contribution in [0.25, 0.3) is 0 Å². The molecule has 2 aromatic carbocycles. The Bertz CT molecular complexity index is 807. The Hall–Kier alpha value is -1.90. The van der Waals surface area contributed by atoms with E-state index >= 15 is 0 Å². The van der Waals surface area contributed by atoms with Gasteiger partial charge >= 0.3 is 0 Å². The minimum absolute atomic E-state index is 0.00813. The lowest BCUT2D eigenvalue weighted by Gasteiger charge is -2.08. The first-order valence-electron chi connectivity index (χ1n) is 7.10. The highest BCUT2D eigenvalue weighted by molar-refractivity contribution is 9.10. The zero-order valence-electron chi connectivity index (χ0n) is 13.0. The monoisotopic (exact) mass is 412 g/mol. The molecule has 6 nitrogen and oxygen atoms in total. The average molecular weight is 413 g/mol. The molecule has 0 saturated carbocycles. The number of carbonyl (C=O) groups is 1. The zero-order chi connectivity index (χ0) is 17.6. The molecule has 2 aromatic rings. The predicted molar refractivity (Wildman–Crippen MR) is 95.6 cm³/mol. The van der Waals surface area contributed by atoms with Crippen molar-refractivity contribution in [2.24, 2.45) is 0 Å². The van der Waals surface area contributed by atoms with Crippen LogP contribution in [0.4, 0.5) is 5.69 Å². The third kappa shape index (κ3) is 5.33. The highest BCUT2D eigenvalue weighted by Gasteiger charge is 2.14. The van der Waals surface area contributed by atoms with Crippen molar-refractivity contribution >= 4 is 37.5 Å². The number of hydrogen-bond acceptors (Lipinski definition) is 4. The summed E-state index contributed by atoms with van der Waals surface area (Å²) in [5.41, 5.74) is 0.646. The normalized spacial score (nSPS) is 11.1. The van der Waals surface area contributed by atoms with Gasteiger partial charge in [0.25, 0.3) is 0 Å². The summed E-state index contributed by atoms with van der Waals surface area (Å²) in [4.78, 5) is 12.0. The molecule has 24 heavy (non-hydrogen) atoms. The third-order valence-corrected chi connectivity index (χ3v) is 5.09. The second-order valence-electron chi connectivity index (χ2n) is 4.88. The molecule has 0 radical (unpaired) electrons. The molecule has 0 aliphatic heterocycles. The van der Waals surface area contributed by atoms with E-state index in [4.69, 9.17) is 4.74 Å². The van der Waals surface area contributed by atoms with Crippen LogP contribution < -0.4 is 14.8 Å². The van der Waals surface area contributed by atoms with Crippen LogP contribution in [-0.4, -0.2) is 28.0 Å². The maximum atomic E-state index is 12.1. The van der Waals surface area contributed by atoms with Crippen LogP contribution in [0.2, 0.25) is 0 Å². The van der Waals surface area contributed by atoms with Crippen molar-refractivity contribution in [3.8, 4) is 5.75 Å². The molecule has 2 N–H and O–H groups in total. The summed E-state index contributed by atoms with van der Waals surface area (Å²) in [7, 11) is -2.15. The molecule has 8 heteroatoms.